The van der Waals surface area contributed by atoms with Gasteiger partial charge in [0.2, 0.25) is 0 Å². The summed E-state index contributed by atoms with van der Waals surface area (Å²) in [5, 5.41) is 19.9. The molecule has 2 aromatic rings. The summed E-state index contributed by atoms with van der Waals surface area (Å²) in [6.07, 6.45) is -1.09. The summed E-state index contributed by atoms with van der Waals surface area (Å²) in [5.74, 6) is 0. The standard InChI is InChI=1S/C14H20BClO3.C8H8BrClO/c1-9(17)11-7-6-10(8-12(11)16)15-18-13(2,3)14(4,5)19-15;1-5(11)7-3-2-6(9)4-8(7)10/h6-9,17H,1-5H3;2-5,11H,1H3. The van der Waals surface area contributed by atoms with E-state index < -0.39 is 19.3 Å². The first-order valence-electron chi connectivity index (χ1n) is 9.71. The fourth-order valence-corrected chi connectivity index (χ4v) is 4.03. The molecule has 1 fully saturated rings. The number of hydrogen-bond donors (Lipinski definition) is 2. The van der Waals surface area contributed by atoms with E-state index in [1.54, 1.807) is 32.0 Å². The van der Waals surface area contributed by atoms with Crippen LogP contribution in [0.25, 0.3) is 0 Å². The van der Waals surface area contributed by atoms with Crippen molar-refractivity contribution in [1.82, 2.24) is 0 Å². The molecule has 2 N–H and O–H groups in total. The molecule has 2 atom stereocenters. The summed E-state index contributed by atoms with van der Waals surface area (Å²) >= 11 is 15.3. The Morgan fingerprint density at radius 3 is 1.67 bits per heavy atom. The van der Waals surface area contributed by atoms with Gasteiger partial charge in [0, 0.05) is 14.5 Å². The molecule has 0 aliphatic carbocycles. The largest absolute Gasteiger partial charge is 0.494 e. The van der Waals surface area contributed by atoms with Gasteiger partial charge in [0.05, 0.1) is 23.4 Å². The van der Waals surface area contributed by atoms with Gasteiger partial charge in [-0.2, -0.15) is 0 Å². The topological polar surface area (TPSA) is 58.9 Å². The molecule has 1 heterocycles. The smallest absolute Gasteiger partial charge is 0.399 e. The lowest BCUT2D eigenvalue weighted by Gasteiger charge is -2.32. The minimum absolute atomic E-state index is 0.368. The Bertz CT molecular complexity index is 871. The summed E-state index contributed by atoms with van der Waals surface area (Å²) in [6.45, 7) is 11.4. The van der Waals surface area contributed by atoms with Crippen molar-refractivity contribution in [2.24, 2.45) is 0 Å². The molecule has 0 amide bonds. The van der Waals surface area contributed by atoms with Crippen LogP contribution in [0.3, 0.4) is 0 Å². The summed E-state index contributed by atoms with van der Waals surface area (Å²) in [5.41, 5.74) is 1.60. The molecule has 0 bridgehead atoms. The first-order chi connectivity index (χ1) is 13.7. The second-order valence-corrected chi connectivity index (χ2v) is 10.1. The molecule has 8 heteroatoms. The van der Waals surface area contributed by atoms with Gasteiger partial charge in [-0.25, -0.2) is 0 Å². The molecule has 164 valence electrons. The van der Waals surface area contributed by atoms with Gasteiger partial charge in [0.1, 0.15) is 0 Å². The molecule has 30 heavy (non-hydrogen) atoms. The number of halogens is 3. The molecule has 1 aliphatic heterocycles. The van der Waals surface area contributed by atoms with Crippen molar-refractivity contribution in [3.63, 3.8) is 0 Å². The lowest BCUT2D eigenvalue weighted by atomic mass is 9.78. The van der Waals surface area contributed by atoms with Gasteiger partial charge < -0.3 is 19.5 Å². The van der Waals surface area contributed by atoms with E-state index in [2.05, 4.69) is 15.9 Å². The fourth-order valence-electron chi connectivity index (χ4n) is 2.85. The van der Waals surface area contributed by atoms with E-state index in [0.29, 0.717) is 15.6 Å². The summed E-state index contributed by atoms with van der Waals surface area (Å²) in [7, 11) is -0.425. The van der Waals surface area contributed by atoms with Crippen molar-refractivity contribution in [2.45, 2.75) is 65.0 Å². The quantitative estimate of drug-likeness (QED) is 0.501. The van der Waals surface area contributed by atoms with Crippen molar-refractivity contribution in [2.75, 3.05) is 0 Å². The van der Waals surface area contributed by atoms with Crippen molar-refractivity contribution in [1.29, 1.82) is 0 Å². The van der Waals surface area contributed by atoms with Crippen molar-refractivity contribution in [3.05, 3.63) is 62.0 Å². The monoisotopic (exact) mass is 516 g/mol. The zero-order chi connectivity index (χ0) is 22.9. The average molecular weight is 518 g/mol. The Morgan fingerprint density at radius 2 is 1.27 bits per heavy atom. The van der Waals surface area contributed by atoms with Crippen molar-refractivity contribution in [3.8, 4) is 0 Å². The Kier molecular flexibility index (Phi) is 8.47. The second kappa shape index (κ2) is 9.91. The van der Waals surface area contributed by atoms with E-state index in [1.807, 2.05) is 45.9 Å². The molecule has 0 spiro atoms. The van der Waals surface area contributed by atoms with Gasteiger partial charge in [-0.15, -0.1) is 0 Å². The summed E-state index contributed by atoms with van der Waals surface area (Å²) < 4.78 is 12.8. The van der Waals surface area contributed by atoms with Crippen molar-refractivity contribution < 1.29 is 19.5 Å². The lowest BCUT2D eigenvalue weighted by Crippen LogP contribution is -2.41. The van der Waals surface area contributed by atoms with E-state index in [-0.39, 0.29) is 11.2 Å². The maximum Gasteiger partial charge on any atom is 0.494 e. The maximum absolute atomic E-state index is 9.58. The van der Waals surface area contributed by atoms with E-state index in [0.717, 1.165) is 15.5 Å². The van der Waals surface area contributed by atoms with Crippen LogP contribution in [-0.2, 0) is 9.31 Å². The predicted octanol–water partition coefficient (Wildman–Crippen LogP) is 5.85. The predicted molar refractivity (Wildman–Crippen MR) is 128 cm³/mol. The molecule has 1 saturated heterocycles. The van der Waals surface area contributed by atoms with Crippen LogP contribution in [0, 0.1) is 0 Å². The molecule has 2 unspecified atom stereocenters. The molecular formula is C22H28BBrCl2O4. The molecule has 0 radical (unpaired) electrons. The van der Waals surface area contributed by atoms with E-state index in [9.17, 15) is 10.2 Å². The van der Waals surface area contributed by atoms with Crippen LogP contribution in [0.2, 0.25) is 10.0 Å². The highest BCUT2D eigenvalue weighted by molar-refractivity contribution is 9.10. The number of rotatable bonds is 3. The zero-order valence-electron chi connectivity index (χ0n) is 18.0. The minimum Gasteiger partial charge on any atom is -0.399 e. The van der Waals surface area contributed by atoms with Crippen molar-refractivity contribution >= 4 is 51.7 Å². The molecule has 2 aromatic carbocycles. The van der Waals surface area contributed by atoms with Crippen LogP contribution in [-0.4, -0.2) is 28.5 Å². The fraction of sp³-hybridized carbons (Fsp3) is 0.455. The third-order valence-electron chi connectivity index (χ3n) is 5.41. The van der Waals surface area contributed by atoms with E-state index >= 15 is 0 Å². The van der Waals surface area contributed by atoms with Crippen LogP contribution >= 0.6 is 39.1 Å². The summed E-state index contributed by atoms with van der Waals surface area (Å²) in [6, 6.07) is 10.9. The first kappa shape index (κ1) is 25.7. The number of aliphatic hydroxyl groups excluding tert-OH is 2. The maximum atomic E-state index is 9.58. The summed E-state index contributed by atoms with van der Waals surface area (Å²) in [4.78, 5) is 0. The van der Waals surface area contributed by atoms with Gasteiger partial charge in [0.25, 0.3) is 0 Å². The Hall–Kier alpha value is -0.595. The van der Waals surface area contributed by atoms with Crippen LogP contribution in [0.1, 0.15) is 64.9 Å². The highest BCUT2D eigenvalue weighted by atomic mass is 79.9. The van der Waals surface area contributed by atoms with Gasteiger partial charge in [0.15, 0.2) is 0 Å². The van der Waals surface area contributed by atoms with E-state index in [1.165, 1.54) is 0 Å². The highest BCUT2D eigenvalue weighted by Gasteiger charge is 2.51. The Balaban J connectivity index is 0.000000248. The van der Waals surface area contributed by atoms with Crippen LogP contribution in [0.15, 0.2) is 40.9 Å². The molecule has 4 nitrogen and oxygen atoms in total. The molecule has 3 rings (SSSR count). The number of hydrogen-bond acceptors (Lipinski definition) is 4. The highest BCUT2D eigenvalue weighted by Crippen LogP contribution is 2.36. The van der Waals surface area contributed by atoms with E-state index in [4.69, 9.17) is 32.5 Å². The van der Waals surface area contributed by atoms with Crippen LogP contribution < -0.4 is 5.46 Å². The third kappa shape index (κ3) is 6.01. The molecular weight excluding hydrogens is 490 g/mol. The average Bonchev–Trinajstić information content (AvgIpc) is 2.82. The first-order valence-corrected chi connectivity index (χ1v) is 11.3. The molecule has 0 aromatic heterocycles. The second-order valence-electron chi connectivity index (χ2n) is 8.39. The normalized spacial score (nSPS) is 19.1. The third-order valence-corrected chi connectivity index (χ3v) is 6.56. The molecule has 0 saturated carbocycles. The van der Waals surface area contributed by atoms with Gasteiger partial charge in [-0.05, 0) is 76.3 Å². The van der Waals surface area contributed by atoms with Crippen LogP contribution in [0.4, 0.5) is 0 Å². The Morgan fingerprint density at radius 1 is 0.833 bits per heavy atom. The van der Waals surface area contributed by atoms with Gasteiger partial charge in [-0.3, -0.25) is 0 Å². The SMILES string of the molecule is CC(O)c1ccc(B2OC(C)(C)C(C)(C)O2)cc1Cl.CC(O)c1ccc(Br)cc1Cl. The van der Waals surface area contributed by atoms with Crippen LogP contribution in [0.5, 0.6) is 0 Å². The van der Waals surface area contributed by atoms with Gasteiger partial charge in [-0.1, -0.05) is 57.3 Å². The number of benzene rings is 2. The lowest BCUT2D eigenvalue weighted by molar-refractivity contribution is 0.00578. The Labute approximate surface area is 197 Å². The molecule has 1 aliphatic rings. The number of aliphatic hydroxyl groups is 2. The minimum atomic E-state index is -0.583. The van der Waals surface area contributed by atoms with Gasteiger partial charge >= 0.3 is 7.12 Å². The zero-order valence-corrected chi connectivity index (χ0v) is 21.1.